The van der Waals surface area contributed by atoms with Gasteiger partial charge in [-0.15, -0.1) is 0 Å². The van der Waals surface area contributed by atoms with Crippen LogP contribution in [0.5, 0.6) is 11.5 Å². The van der Waals surface area contributed by atoms with Crippen molar-refractivity contribution in [2.24, 2.45) is 5.92 Å². The maximum atomic E-state index is 5.90. The van der Waals surface area contributed by atoms with Gasteiger partial charge in [-0.25, -0.2) is 0 Å². The van der Waals surface area contributed by atoms with E-state index in [-0.39, 0.29) is 0 Å². The first kappa shape index (κ1) is 16.2. The highest BCUT2D eigenvalue weighted by Crippen LogP contribution is 2.35. The molecule has 1 heterocycles. The monoisotopic (exact) mass is 291 g/mol. The summed E-state index contributed by atoms with van der Waals surface area (Å²) in [6, 6.07) is 6.46. The zero-order valence-electron chi connectivity index (χ0n) is 13.7. The van der Waals surface area contributed by atoms with E-state index in [4.69, 9.17) is 9.47 Å². The van der Waals surface area contributed by atoms with Gasteiger partial charge in [-0.1, -0.05) is 26.8 Å². The van der Waals surface area contributed by atoms with Gasteiger partial charge in [0, 0.05) is 0 Å². The summed E-state index contributed by atoms with van der Waals surface area (Å²) in [4.78, 5) is 0. The largest absolute Gasteiger partial charge is 0.490 e. The first-order valence-electron chi connectivity index (χ1n) is 8.36. The Labute approximate surface area is 129 Å². The second kappa shape index (κ2) is 8.28. The summed E-state index contributed by atoms with van der Waals surface area (Å²) in [6.45, 7) is 10.3. The molecule has 1 aliphatic rings. The molecule has 0 saturated carbocycles. The molecule has 0 aromatic heterocycles. The predicted octanol–water partition coefficient (Wildman–Crippen LogP) is 3.98. The maximum absolute atomic E-state index is 5.90. The number of hydrogen-bond donors (Lipinski definition) is 1. The molecule has 2 atom stereocenters. The second-order valence-electron chi connectivity index (χ2n) is 5.94. The van der Waals surface area contributed by atoms with E-state index in [9.17, 15) is 0 Å². The van der Waals surface area contributed by atoms with Gasteiger partial charge >= 0.3 is 0 Å². The Hall–Kier alpha value is -1.22. The van der Waals surface area contributed by atoms with Crippen LogP contribution in [0.3, 0.4) is 0 Å². The van der Waals surface area contributed by atoms with Crippen molar-refractivity contribution >= 4 is 0 Å². The van der Waals surface area contributed by atoms with Crippen LogP contribution in [0.25, 0.3) is 0 Å². The van der Waals surface area contributed by atoms with Crippen molar-refractivity contribution in [3.8, 4) is 11.5 Å². The van der Waals surface area contributed by atoms with Gasteiger partial charge < -0.3 is 14.8 Å². The van der Waals surface area contributed by atoms with Gasteiger partial charge in [0.1, 0.15) is 0 Å². The molecule has 0 aliphatic carbocycles. The molecule has 118 valence electrons. The molecule has 0 bridgehead atoms. The molecule has 1 N–H and O–H groups in total. The highest BCUT2D eigenvalue weighted by molar-refractivity contribution is 5.44. The van der Waals surface area contributed by atoms with Crippen molar-refractivity contribution in [3.05, 3.63) is 23.8 Å². The van der Waals surface area contributed by atoms with E-state index in [0.29, 0.717) is 5.92 Å². The standard InChI is InChI=1S/C18H29NO2/c1-4-10-20-17-7-6-15(12-18(17)21-11-5-2)14(3)16-8-9-19-13-16/h6-7,12,14,16,19H,4-5,8-11,13H2,1-3H3. The van der Waals surface area contributed by atoms with Crippen molar-refractivity contribution in [1.29, 1.82) is 0 Å². The molecular formula is C18H29NO2. The van der Waals surface area contributed by atoms with Gasteiger partial charge in [0.05, 0.1) is 13.2 Å². The van der Waals surface area contributed by atoms with Crippen molar-refractivity contribution in [3.63, 3.8) is 0 Å². The van der Waals surface area contributed by atoms with Crippen LogP contribution in [-0.2, 0) is 0 Å². The van der Waals surface area contributed by atoms with Crippen LogP contribution >= 0.6 is 0 Å². The molecule has 0 spiro atoms. The Kier molecular flexibility index (Phi) is 6.37. The Morgan fingerprint density at radius 1 is 1.14 bits per heavy atom. The van der Waals surface area contributed by atoms with E-state index in [1.165, 1.54) is 12.0 Å². The molecule has 0 radical (unpaired) electrons. The smallest absolute Gasteiger partial charge is 0.161 e. The van der Waals surface area contributed by atoms with Gasteiger partial charge in [-0.05, 0) is 61.9 Å². The fourth-order valence-corrected chi connectivity index (χ4v) is 2.84. The topological polar surface area (TPSA) is 30.5 Å². The molecule has 1 fully saturated rings. The van der Waals surface area contributed by atoms with Gasteiger partial charge in [-0.2, -0.15) is 0 Å². The molecular weight excluding hydrogens is 262 g/mol. The summed E-state index contributed by atoms with van der Waals surface area (Å²) in [7, 11) is 0. The van der Waals surface area contributed by atoms with Crippen LogP contribution in [0, 0.1) is 5.92 Å². The minimum atomic E-state index is 0.559. The number of rotatable bonds is 8. The molecule has 1 aromatic carbocycles. The quantitative estimate of drug-likeness (QED) is 0.786. The molecule has 1 aliphatic heterocycles. The lowest BCUT2D eigenvalue weighted by molar-refractivity contribution is 0.267. The van der Waals surface area contributed by atoms with Gasteiger partial charge in [0.25, 0.3) is 0 Å². The molecule has 2 unspecified atom stereocenters. The number of ether oxygens (including phenoxy) is 2. The number of hydrogen-bond acceptors (Lipinski definition) is 3. The minimum Gasteiger partial charge on any atom is -0.490 e. The molecule has 21 heavy (non-hydrogen) atoms. The Morgan fingerprint density at radius 2 is 1.86 bits per heavy atom. The number of nitrogens with one attached hydrogen (secondary N) is 1. The molecule has 1 aromatic rings. The zero-order valence-corrected chi connectivity index (χ0v) is 13.7. The van der Waals surface area contributed by atoms with Crippen molar-refractivity contribution in [1.82, 2.24) is 5.32 Å². The van der Waals surface area contributed by atoms with Crippen LogP contribution in [0.4, 0.5) is 0 Å². The third-order valence-electron chi connectivity index (χ3n) is 4.22. The summed E-state index contributed by atoms with van der Waals surface area (Å²) < 4.78 is 11.7. The average molecular weight is 291 g/mol. The molecule has 3 heteroatoms. The van der Waals surface area contributed by atoms with E-state index in [1.807, 2.05) is 0 Å². The van der Waals surface area contributed by atoms with Crippen molar-refractivity contribution in [2.45, 2.75) is 46.0 Å². The van der Waals surface area contributed by atoms with Crippen molar-refractivity contribution in [2.75, 3.05) is 26.3 Å². The van der Waals surface area contributed by atoms with E-state index in [1.54, 1.807) is 0 Å². The minimum absolute atomic E-state index is 0.559. The lowest BCUT2D eigenvalue weighted by atomic mass is 9.87. The normalized spacial score (nSPS) is 19.5. The van der Waals surface area contributed by atoms with Crippen LogP contribution < -0.4 is 14.8 Å². The van der Waals surface area contributed by atoms with Gasteiger partial charge in [0.2, 0.25) is 0 Å². The van der Waals surface area contributed by atoms with E-state index in [2.05, 4.69) is 44.3 Å². The lowest BCUT2D eigenvalue weighted by Crippen LogP contribution is -2.14. The molecule has 2 rings (SSSR count). The zero-order chi connectivity index (χ0) is 15.1. The highest BCUT2D eigenvalue weighted by Gasteiger charge is 2.23. The Bertz CT molecular complexity index is 427. The van der Waals surface area contributed by atoms with Crippen LogP contribution in [0.1, 0.15) is 51.5 Å². The van der Waals surface area contributed by atoms with Crippen LogP contribution in [0.2, 0.25) is 0 Å². The average Bonchev–Trinajstić information content (AvgIpc) is 3.04. The maximum Gasteiger partial charge on any atom is 0.161 e. The Morgan fingerprint density at radius 3 is 2.48 bits per heavy atom. The summed E-state index contributed by atoms with van der Waals surface area (Å²) in [5.41, 5.74) is 1.36. The molecule has 0 amide bonds. The summed E-state index contributed by atoms with van der Waals surface area (Å²) in [5, 5.41) is 3.46. The first-order chi connectivity index (χ1) is 10.3. The highest BCUT2D eigenvalue weighted by atomic mass is 16.5. The van der Waals surface area contributed by atoms with Gasteiger partial charge in [-0.3, -0.25) is 0 Å². The molecule has 3 nitrogen and oxygen atoms in total. The third kappa shape index (κ3) is 4.37. The first-order valence-corrected chi connectivity index (χ1v) is 8.36. The van der Waals surface area contributed by atoms with Crippen LogP contribution in [-0.4, -0.2) is 26.3 Å². The number of benzene rings is 1. The SMILES string of the molecule is CCCOc1ccc(C(C)C2CCNC2)cc1OCCC. The summed E-state index contributed by atoms with van der Waals surface area (Å²) in [5.74, 6) is 3.07. The Balaban J connectivity index is 2.14. The van der Waals surface area contributed by atoms with Crippen molar-refractivity contribution < 1.29 is 9.47 Å². The predicted molar refractivity (Wildman–Crippen MR) is 87.4 cm³/mol. The van der Waals surface area contributed by atoms with Crippen LogP contribution in [0.15, 0.2) is 18.2 Å². The van der Waals surface area contributed by atoms with E-state index in [0.717, 1.165) is 56.6 Å². The summed E-state index contributed by atoms with van der Waals surface area (Å²) >= 11 is 0. The van der Waals surface area contributed by atoms with E-state index < -0.39 is 0 Å². The van der Waals surface area contributed by atoms with Gasteiger partial charge in [0.15, 0.2) is 11.5 Å². The van der Waals surface area contributed by atoms with E-state index >= 15 is 0 Å². The fourth-order valence-electron chi connectivity index (χ4n) is 2.84. The second-order valence-corrected chi connectivity index (χ2v) is 5.94. The molecule has 1 saturated heterocycles. The summed E-state index contributed by atoms with van der Waals surface area (Å²) in [6.07, 6.45) is 3.29. The third-order valence-corrected chi connectivity index (χ3v) is 4.22. The lowest BCUT2D eigenvalue weighted by Gasteiger charge is -2.21. The fraction of sp³-hybridized carbons (Fsp3) is 0.667.